The Bertz CT molecular complexity index is 1330. The minimum absolute atomic E-state index is 0.0716. The number of benzene rings is 3. The highest BCUT2D eigenvalue weighted by molar-refractivity contribution is 7.92. The number of aryl methyl sites for hydroxylation is 2. The average Bonchev–Trinajstić information content (AvgIpc) is 2.87. The molecule has 190 valence electrons. The molecular formula is C27H30ClN3O4S. The van der Waals surface area contributed by atoms with E-state index in [4.69, 9.17) is 11.6 Å². The highest BCUT2D eigenvalue weighted by atomic mass is 35.5. The number of rotatable bonds is 9. The van der Waals surface area contributed by atoms with Gasteiger partial charge in [-0.05, 0) is 67.8 Å². The molecule has 0 saturated heterocycles. The number of hydrogen-bond acceptors (Lipinski definition) is 4. The average molecular weight is 528 g/mol. The number of carbonyl (C=O) groups is 2. The number of hydrogen-bond donors (Lipinski definition) is 1. The Balaban J connectivity index is 2.06. The quantitative estimate of drug-likeness (QED) is 0.449. The fraction of sp³-hybridized carbons (Fsp3) is 0.259. The third-order valence-corrected chi connectivity index (χ3v) is 7.95. The molecule has 1 N–H and O–H groups in total. The monoisotopic (exact) mass is 527 g/mol. The van der Waals surface area contributed by atoms with Gasteiger partial charge in [-0.15, -0.1) is 0 Å². The van der Waals surface area contributed by atoms with E-state index in [0.717, 1.165) is 15.4 Å². The number of halogens is 1. The highest BCUT2D eigenvalue weighted by Crippen LogP contribution is 2.28. The summed E-state index contributed by atoms with van der Waals surface area (Å²) in [6.45, 7) is 4.90. The molecule has 0 aliphatic heterocycles. The van der Waals surface area contributed by atoms with Gasteiger partial charge in [0.2, 0.25) is 11.8 Å². The molecule has 0 aromatic heterocycles. The fourth-order valence-electron chi connectivity index (χ4n) is 3.80. The first kappa shape index (κ1) is 27.2. The zero-order valence-electron chi connectivity index (χ0n) is 20.7. The molecule has 7 nitrogen and oxygen atoms in total. The van der Waals surface area contributed by atoms with Crippen molar-refractivity contribution in [2.45, 2.75) is 38.3 Å². The summed E-state index contributed by atoms with van der Waals surface area (Å²) in [6, 6.07) is 19.5. The van der Waals surface area contributed by atoms with Gasteiger partial charge in [0.25, 0.3) is 10.0 Å². The van der Waals surface area contributed by atoms with E-state index in [9.17, 15) is 18.0 Å². The maximum Gasteiger partial charge on any atom is 0.264 e. The third-order valence-electron chi connectivity index (χ3n) is 5.92. The first-order chi connectivity index (χ1) is 17.0. The van der Waals surface area contributed by atoms with Crippen molar-refractivity contribution in [3.8, 4) is 0 Å². The minimum atomic E-state index is -4.08. The predicted octanol–water partition coefficient (Wildman–Crippen LogP) is 4.32. The standard InChI is InChI=1S/C27H30ClN3O4S/c1-19-10-11-20(2)25(16-19)31(36(34,35)24-8-6-5-7-9-24)18-26(32)30(21(3)27(33)29-4)17-22-12-14-23(28)15-13-22/h5-16,21H,17-18H2,1-4H3,(H,29,33)/t21-/m1/s1. The van der Waals surface area contributed by atoms with Crippen molar-refractivity contribution in [2.24, 2.45) is 0 Å². The highest BCUT2D eigenvalue weighted by Gasteiger charge is 2.32. The summed E-state index contributed by atoms with van der Waals surface area (Å²) in [5.74, 6) is -0.872. The van der Waals surface area contributed by atoms with Crippen LogP contribution in [-0.4, -0.2) is 44.8 Å². The number of amides is 2. The lowest BCUT2D eigenvalue weighted by molar-refractivity contribution is -0.139. The lowest BCUT2D eigenvalue weighted by atomic mass is 10.1. The molecule has 0 spiro atoms. The van der Waals surface area contributed by atoms with Crippen LogP contribution in [0.5, 0.6) is 0 Å². The Kier molecular flexibility index (Phi) is 8.76. The van der Waals surface area contributed by atoms with E-state index in [1.54, 1.807) is 62.4 Å². The molecule has 9 heteroatoms. The number of likely N-dealkylation sites (N-methyl/N-ethyl adjacent to an activating group) is 1. The molecular weight excluding hydrogens is 498 g/mol. The normalized spacial score (nSPS) is 12.0. The summed E-state index contributed by atoms with van der Waals surface area (Å²) in [5.41, 5.74) is 2.73. The number of nitrogens with one attached hydrogen (secondary N) is 1. The van der Waals surface area contributed by atoms with Crippen molar-refractivity contribution < 1.29 is 18.0 Å². The maximum atomic E-state index is 13.8. The van der Waals surface area contributed by atoms with Crippen LogP contribution in [0.2, 0.25) is 5.02 Å². The summed E-state index contributed by atoms with van der Waals surface area (Å²) in [6.07, 6.45) is 0. The van der Waals surface area contributed by atoms with Gasteiger partial charge >= 0.3 is 0 Å². The van der Waals surface area contributed by atoms with Crippen molar-refractivity contribution in [1.82, 2.24) is 10.2 Å². The van der Waals surface area contributed by atoms with E-state index in [1.807, 2.05) is 19.1 Å². The molecule has 3 aromatic carbocycles. The van der Waals surface area contributed by atoms with Gasteiger partial charge in [0.1, 0.15) is 12.6 Å². The van der Waals surface area contributed by atoms with Gasteiger partial charge in [0, 0.05) is 18.6 Å². The Labute approximate surface area is 217 Å². The lowest BCUT2D eigenvalue weighted by Crippen LogP contribution is -2.50. The molecule has 36 heavy (non-hydrogen) atoms. The van der Waals surface area contributed by atoms with Crippen LogP contribution in [0, 0.1) is 13.8 Å². The lowest BCUT2D eigenvalue weighted by Gasteiger charge is -2.32. The molecule has 2 amide bonds. The molecule has 3 aromatic rings. The van der Waals surface area contributed by atoms with E-state index < -0.39 is 28.5 Å². The summed E-state index contributed by atoms with van der Waals surface area (Å²) in [7, 11) is -2.59. The van der Waals surface area contributed by atoms with Crippen molar-refractivity contribution in [2.75, 3.05) is 17.9 Å². The van der Waals surface area contributed by atoms with Crippen molar-refractivity contribution in [1.29, 1.82) is 0 Å². The molecule has 0 heterocycles. The van der Waals surface area contributed by atoms with Gasteiger partial charge in [-0.2, -0.15) is 0 Å². The summed E-state index contributed by atoms with van der Waals surface area (Å²) in [5, 5.41) is 3.11. The SMILES string of the molecule is CNC(=O)[C@@H](C)N(Cc1ccc(Cl)cc1)C(=O)CN(c1cc(C)ccc1C)S(=O)(=O)c1ccccc1. The summed E-state index contributed by atoms with van der Waals surface area (Å²) >= 11 is 6.00. The zero-order chi connectivity index (χ0) is 26.5. The van der Waals surface area contributed by atoms with Gasteiger partial charge in [0.15, 0.2) is 0 Å². The fourth-order valence-corrected chi connectivity index (χ4v) is 5.42. The van der Waals surface area contributed by atoms with E-state index in [1.165, 1.54) is 24.1 Å². The number of anilines is 1. The zero-order valence-corrected chi connectivity index (χ0v) is 22.3. The van der Waals surface area contributed by atoms with Crippen LogP contribution >= 0.6 is 11.6 Å². The molecule has 0 aliphatic carbocycles. The van der Waals surface area contributed by atoms with Gasteiger partial charge in [-0.1, -0.05) is 54.1 Å². The first-order valence-electron chi connectivity index (χ1n) is 11.4. The number of sulfonamides is 1. The van der Waals surface area contributed by atoms with E-state index in [0.29, 0.717) is 16.3 Å². The van der Waals surface area contributed by atoms with E-state index >= 15 is 0 Å². The van der Waals surface area contributed by atoms with Crippen molar-refractivity contribution in [3.63, 3.8) is 0 Å². The van der Waals surface area contributed by atoms with E-state index in [-0.39, 0.29) is 17.3 Å². The van der Waals surface area contributed by atoms with Crippen LogP contribution in [0.1, 0.15) is 23.6 Å². The largest absolute Gasteiger partial charge is 0.357 e. The number of carbonyl (C=O) groups excluding carboxylic acids is 2. The molecule has 0 unspecified atom stereocenters. The van der Waals surface area contributed by atoms with Gasteiger partial charge in [0.05, 0.1) is 10.6 Å². The molecule has 0 radical (unpaired) electrons. The number of nitrogens with zero attached hydrogens (tertiary/aromatic N) is 2. The topological polar surface area (TPSA) is 86.8 Å². The Morgan fingerprint density at radius 2 is 1.61 bits per heavy atom. The Hall–Kier alpha value is -3.36. The minimum Gasteiger partial charge on any atom is -0.357 e. The third kappa shape index (κ3) is 6.25. The molecule has 0 aliphatic rings. The first-order valence-corrected chi connectivity index (χ1v) is 13.3. The van der Waals surface area contributed by atoms with Crippen molar-refractivity contribution in [3.05, 3.63) is 94.5 Å². The van der Waals surface area contributed by atoms with Gasteiger partial charge in [-0.25, -0.2) is 8.42 Å². The van der Waals surface area contributed by atoms with Crippen LogP contribution in [0.3, 0.4) is 0 Å². The van der Waals surface area contributed by atoms with Crippen molar-refractivity contribution >= 4 is 39.1 Å². The van der Waals surface area contributed by atoms with Gasteiger partial charge in [-0.3, -0.25) is 13.9 Å². The predicted molar refractivity (Wildman–Crippen MR) is 142 cm³/mol. The second-order valence-electron chi connectivity index (χ2n) is 8.55. The smallest absolute Gasteiger partial charge is 0.264 e. The Morgan fingerprint density at radius 1 is 0.972 bits per heavy atom. The van der Waals surface area contributed by atoms with Crippen LogP contribution in [-0.2, 0) is 26.2 Å². The Morgan fingerprint density at radius 3 is 2.22 bits per heavy atom. The molecule has 0 fully saturated rings. The summed E-state index contributed by atoms with van der Waals surface area (Å²) < 4.78 is 28.7. The molecule has 1 atom stereocenters. The van der Waals surface area contributed by atoms with Crippen LogP contribution in [0.25, 0.3) is 0 Å². The van der Waals surface area contributed by atoms with Crippen LogP contribution in [0.4, 0.5) is 5.69 Å². The molecule has 0 bridgehead atoms. The second kappa shape index (κ2) is 11.6. The summed E-state index contributed by atoms with van der Waals surface area (Å²) in [4.78, 5) is 27.7. The molecule has 3 rings (SSSR count). The second-order valence-corrected chi connectivity index (χ2v) is 10.9. The van der Waals surface area contributed by atoms with E-state index in [2.05, 4.69) is 5.32 Å². The molecule has 0 saturated carbocycles. The van der Waals surface area contributed by atoms with Gasteiger partial charge < -0.3 is 10.2 Å². The maximum absolute atomic E-state index is 13.8. The van der Waals surface area contributed by atoms with Crippen LogP contribution in [0.15, 0.2) is 77.7 Å². The van der Waals surface area contributed by atoms with Crippen LogP contribution < -0.4 is 9.62 Å².